The Bertz CT molecular complexity index is 122. The Hall–Kier alpha value is 0.270. The molecule has 1 fully saturated rings. The standard InChI is InChI=1S/C9H20N2S/c1-4-10-5-7-11(8-6-10)9(2)12-3/h9H,4-8H2,1-3H3. The van der Waals surface area contributed by atoms with Gasteiger partial charge in [0.1, 0.15) is 0 Å². The van der Waals surface area contributed by atoms with E-state index >= 15 is 0 Å². The van der Waals surface area contributed by atoms with Gasteiger partial charge in [-0.3, -0.25) is 4.90 Å². The van der Waals surface area contributed by atoms with Gasteiger partial charge in [-0.15, -0.1) is 11.8 Å². The number of piperazine rings is 1. The SMILES string of the molecule is CCN1CCN(C(C)SC)CC1. The minimum absolute atomic E-state index is 0.698. The average molecular weight is 188 g/mol. The van der Waals surface area contributed by atoms with E-state index in [1.807, 2.05) is 11.8 Å². The van der Waals surface area contributed by atoms with Crippen LogP contribution >= 0.6 is 11.8 Å². The summed E-state index contributed by atoms with van der Waals surface area (Å²) < 4.78 is 0. The maximum Gasteiger partial charge on any atom is 0.0526 e. The fourth-order valence-corrected chi connectivity index (χ4v) is 2.10. The highest BCUT2D eigenvalue weighted by Gasteiger charge is 2.18. The van der Waals surface area contributed by atoms with Crippen LogP contribution in [-0.4, -0.2) is 54.2 Å². The topological polar surface area (TPSA) is 6.48 Å². The lowest BCUT2D eigenvalue weighted by molar-refractivity contribution is 0.133. The van der Waals surface area contributed by atoms with Crippen LogP contribution in [0.15, 0.2) is 0 Å². The molecule has 2 nitrogen and oxygen atoms in total. The molecule has 1 heterocycles. The molecule has 1 aliphatic heterocycles. The molecule has 0 aromatic carbocycles. The van der Waals surface area contributed by atoms with Gasteiger partial charge in [0, 0.05) is 26.2 Å². The maximum absolute atomic E-state index is 2.57. The van der Waals surface area contributed by atoms with Gasteiger partial charge in [0.2, 0.25) is 0 Å². The van der Waals surface area contributed by atoms with Crippen molar-refractivity contribution in [2.75, 3.05) is 39.0 Å². The molecule has 1 aliphatic rings. The largest absolute Gasteiger partial charge is 0.301 e. The van der Waals surface area contributed by atoms with Crippen LogP contribution in [0.3, 0.4) is 0 Å². The highest BCUT2D eigenvalue weighted by molar-refractivity contribution is 7.99. The first-order chi connectivity index (χ1) is 5.77. The first-order valence-electron chi connectivity index (χ1n) is 4.77. The zero-order valence-corrected chi connectivity index (χ0v) is 9.23. The molecule has 0 aromatic heterocycles. The summed E-state index contributed by atoms with van der Waals surface area (Å²) in [6, 6.07) is 0. The fourth-order valence-electron chi connectivity index (χ4n) is 1.59. The summed E-state index contributed by atoms with van der Waals surface area (Å²) in [5, 5.41) is 0.698. The van der Waals surface area contributed by atoms with Gasteiger partial charge in [-0.05, 0) is 19.7 Å². The van der Waals surface area contributed by atoms with Crippen LogP contribution in [0.5, 0.6) is 0 Å². The molecule has 0 bridgehead atoms. The van der Waals surface area contributed by atoms with Gasteiger partial charge in [0.05, 0.1) is 5.37 Å². The van der Waals surface area contributed by atoms with Crippen molar-refractivity contribution in [1.82, 2.24) is 9.80 Å². The fraction of sp³-hybridized carbons (Fsp3) is 1.00. The van der Waals surface area contributed by atoms with E-state index in [9.17, 15) is 0 Å². The first kappa shape index (κ1) is 10.4. The second kappa shape index (κ2) is 5.10. The van der Waals surface area contributed by atoms with Gasteiger partial charge < -0.3 is 4.90 Å². The van der Waals surface area contributed by atoms with Gasteiger partial charge in [0.15, 0.2) is 0 Å². The lowest BCUT2D eigenvalue weighted by Gasteiger charge is -2.36. The van der Waals surface area contributed by atoms with Crippen molar-refractivity contribution >= 4 is 11.8 Å². The van der Waals surface area contributed by atoms with E-state index in [4.69, 9.17) is 0 Å². The van der Waals surface area contributed by atoms with E-state index < -0.39 is 0 Å². The molecule has 0 spiro atoms. The third-order valence-electron chi connectivity index (χ3n) is 2.71. The molecular formula is C9H20N2S. The van der Waals surface area contributed by atoms with E-state index in [0.29, 0.717) is 5.37 Å². The maximum atomic E-state index is 2.57. The van der Waals surface area contributed by atoms with Gasteiger partial charge in [-0.2, -0.15) is 0 Å². The molecular weight excluding hydrogens is 168 g/mol. The molecule has 0 aromatic rings. The summed E-state index contributed by atoms with van der Waals surface area (Å²) in [5.74, 6) is 0. The van der Waals surface area contributed by atoms with Crippen LogP contribution in [0.25, 0.3) is 0 Å². The Balaban J connectivity index is 2.25. The minimum atomic E-state index is 0.698. The molecule has 0 saturated carbocycles. The van der Waals surface area contributed by atoms with Crippen molar-refractivity contribution in [3.8, 4) is 0 Å². The summed E-state index contributed by atoms with van der Waals surface area (Å²) in [4.78, 5) is 5.08. The summed E-state index contributed by atoms with van der Waals surface area (Å²) in [7, 11) is 0. The molecule has 1 atom stereocenters. The normalized spacial score (nSPS) is 24.2. The predicted molar refractivity (Wildman–Crippen MR) is 56.7 cm³/mol. The van der Waals surface area contributed by atoms with E-state index in [-0.39, 0.29) is 0 Å². The molecule has 0 N–H and O–H groups in total. The number of hydrogen-bond acceptors (Lipinski definition) is 3. The van der Waals surface area contributed by atoms with Gasteiger partial charge in [-0.1, -0.05) is 6.92 Å². The number of nitrogens with zero attached hydrogens (tertiary/aromatic N) is 2. The highest BCUT2D eigenvalue weighted by atomic mass is 32.2. The molecule has 0 radical (unpaired) electrons. The van der Waals surface area contributed by atoms with E-state index in [1.54, 1.807) is 0 Å². The van der Waals surface area contributed by atoms with Crippen LogP contribution in [0, 0.1) is 0 Å². The molecule has 1 unspecified atom stereocenters. The molecule has 12 heavy (non-hydrogen) atoms. The number of hydrogen-bond donors (Lipinski definition) is 0. The number of thioether (sulfide) groups is 1. The zero-order valence-electron chi connectivity index (χ0n) is 8.42. The molecule has 0 amide bonds. The van der Waals surface area contributed by atoms with Gasteiger partial charge >= 0.3 is 0 Å². The van der Waals surface area contributed by atoms with Crippen LogP contribution < -0.4 is 0 Å². The minimum Gasteiger partial charge on any atom is -0.301 e. The second-order valence-electron chi connectivity index (χ2n) is 3.31. The second-order valence-corrected chi connectivity index (χ2v) is 4.46. The molecule has 72 valence electrons. The molecule has 0 aliphatic carbocycles. The van der Waals surface area contributed by atoms with Crippen molar-refractivity contribution < 1.29 is 0 Å². The Morgan fingerprint density at radius 3 is 2.25 bits per heavy atom. The lowest BCUT2D eigenvalue weighted by Crippen LogP contribution is -2.48. The Labute approximate surface area is 80.3 Å². The van der Waals surface area contributed by atoms with Crippen molar-refractivity contribution in [2.45, 2.75) is 19.2 Å². The third-order valence-corrected chi connectivity index (χ3v) is 3.69. The van der Waals surface area contributed by atoms with E-state index in [0.717, 1.165) is 0 Å². The van der Waals surface area contributed by atoms with Crippen molar-refractivity contribution in [2.24, 2.45) is 0 Å². The van der Waals surface area contributed by atoms with E-state index in [2.05, 4.69) is 29.9 Å². The summed E-state index contributed by atoms with van der Waals surface area (Å²) in [6.07, 6.45) is 2.19. The van der Waals surface area contributed by atoms with Gasteiger partial charge in [-0.25, -0.2) is 0 Å². The summed E-state index contributed by atoms with van der Waals surface area (Å²) in [6.45, 7) is 10.7. The quantitative estimate of drug-likeness (QED) is 0.660. The Morgan fingerprint density at radius 2 is 1.83 bits per heavy atom. The first-order valence-corrected chi connectivity index (χ1v) is 6.06. The van der Waals surface area contributed by atoms with Crippen LogP contribution in [0.4, 0.5) is 0 Å². The highest BCUT2D eigenvalue weighted by Crippen LogP contribution is 2.13. The van der Waals surface area contributed by atoms with Crippen LogP contribution in [0.1, 0.15) is 13.8 Å². The zero-order chi connectivity index (χ0) is 8.97. The number of rotatable bonds is 3. The van der Waals surface area contributed by atoms with E-state index in [1.165, 1.54) is 32.7 Å². The monoisotopic (exact) mass is 188 g/mol. The summed E-state index contributed by atoms with van der Waals surface area (Å²) >= 11 is 1.95. The average Bonchev–Trinajstić information content (AvgIpc) is 2.17. The predicted octanol–water partition coefficient (Wildman–Crippen LogP) is 1.33. The smallest absolute Gasteiger partial charge is 0.0526 e. The Morgan fingerprint density at radius 1 is 1.25 bits per heavy atom. The molecule has 1 saturated heterocycles. The third kappa shape index (κ3) is 2.64. The van der Waals surface area contributed by atoms with Crippen molar-refractivity contribution in [3.63, 3.8) is 0 Å². The summed E-state index contributed by atoms with van der Waals surface area (Å²) in [5.41, 5.74) is 0. The Kier molecular flexibility index (Phi) is 4.40. The van der Waals surface area contributed by atoms with Gasteiger partial charge in [0.25, 0.3) is 0 Å². The van der Waals surface area contributed by atoms with Crippen LogP contribution in [0.2, 0.25) is 0 Å². The lowest BCUT2D eigenvalue weighted by atomic mass is 10.3. The number of likely N-dealkylation sites (N-methyl/N-ethyl adjacent to an activating group) is 1. The van der Waals surface area contributed by atoms with Crippen molar-refractivity contribution in [1.29, 1.82) is 0 Å². The molecule has 3 heteroatoms. The van der Waals surface area contributed by atoms with Crippen LogP contribution in [-0.2, 0) is 0 Å². The van der Waals surface area contributed by atoms with Crippen molar-refractivity contribution in [3.05, 3.63) is 0 Å². The molecule has 1 rings (SSSR count).